The summed E-state index contributed by atoms with van der Waals surface area (Å²) in [6, 6.07) is 1.87. The molecule has 0 aliphatic heterocycles. The standard InChI is InChI=1S/C12H11F4NO4/c13-9-2-1-7(5-8(9)12(14,15)16)11(20)17-3-4-21-6-10(18)19/h1-2,5H,3-4,6H2,(H,17,20)(H,18,19). The van der Waals surface area contributed by atoms with Crippen molar-refractivity contribution in [2.24, 2.45) is 0 Å². The maximum Gasteiger partial charge on any atom is 0.419 e. The van der Waals surface area contributed by atoms with Crippen molar-refractivity contribution in [2.75, 3.05) is 19.8 Å². The lowest BCUT2D eigenvalue weighted by Gasteiger charge is -2.10. The number of aliphatic carboxylic acids is 1. The number of hydrogen-bond donors (Lipinski definition) is 2. The fourth-order valence-electron chi connectivity index (χ4n) is 1.38. The van der Waals surface area contributed by atoms with E-state index in [9.17, 15) is 27.2 Å². The monoisotopic (exact) mass is 309 g/mol. The van der Waals surface area contributed by atoms with Crippen LogP contribution in [0.2, 0.25) is 0 Å². The average Bonchev–Trinajstić information content (AvgIpc) is 2.36. The van der Waals surface area contributed by atoms with Gasteiger partial charge in [-0.1, -0.05) is 0 Å². The molecule has 0 saturated heterocycles. The zero-order chi connectivity index (χ0) is 16.0. The molecule has 9 heteroatoms. The van der Waals surface area contributed by atoms with Gasteiger partial charge < -0.3 is 15.2 Å². The molecule has 2 N–H and O–H groups in total. The molecule has 21 heavy (non-hydrogen) atoms. The van der Waals surface area contributed by atoms with E-state index >= 15 is 0 Å². The van der Waals surface area contributed by atoms with Crippen molar-refractivity contribution in [3.05, 3.63) is 35.1 Å². The minimum absolute atomic E-state index is 0.0924. The van der Waals surface area contributed by atoms with Crippen LogP contribution in [0.4, 0.5) is 17.6 Å². The van der Waals surface area contributed by atoms with Gasteiger partial charge in [0.1, 0.15) is 12.4 Å². The Hall–Kier alpha value is -2.16. The summed E-state index contributed by atoms with van der Waals surface area (Å²) in [5.74, 6) is -3.50. The number of nitrogens with one attached hydrogen (secondary N) is 1. The number of ether oxygens (including phenoxy) is 1. The Morgan fingerprint density at radius 2 is 1.95 bits per heavy atom. The van der Waals surface area contributed by atoms with E-state index in [0.717, 1.165) is 6.07 Å². The van der Waals surface area contributed by atoms with Crippen LogP contribution in [0.5, 0.6) is 0 Å². The molecular formula is C12H11F4NO4. The fraction of sp³-hybridized carbons (Fsp3) is 0.333. The van der Waals surface area contributed by atoms with Gasteiger partial charge in [-0.05, 0) is 18.2 Å². The Morgan fingerprint density at radius 3 is 2.52 bits per heavy atom. The first kappa shape index (κ1) is 16.9. The smallest absolute Gasteiger partial charge is 0.419 e. The Labute approximate surface area is 116 Å². The first-order valence-corrected chi connectivity index (χ1v) is 5.66. The van der Waals surface area contributed by atoms with Gasteiger partial charge in [0.15, 0.2) is 0 Å². The van der Waals surface area contributed by atoms with E-state index in [2.05, 4.69) is 10.1 Å². The third-order valence-corrected chi connectivity index (χ3v) is 2.29. The van der Waals surface area contributed by atoms with Crippen molar-refractivity contribution in [3.8, 4) is 0 Å². The minimum atomic E-state index is -4.90. The molecule has 0 fully saturated rings. The number of carboxylic acid groups (broad SMARTS) is 1. The van der Waals surface area contributed by atoms with Crippen molar-refractivity contribution >= 4 is 11.9 Å². The molecule has 0 heterocycles. The number of alkyl halides is 3. The molecule has 1 amide bonds. The fourth-order valence-corrected chi connectivity index (χ4v) is 1.38. The van der Waals surface area contributed by atoms with Crippen molar-refractivity contribution < 1.29 is 37.0 Å². The van der Waals surface area contributed by atoms with E-state index in [1.54, 1.807) is 0 Å². The Kier molecular flexibility index (Phi) is 5.65. The summed E-state index contributed by atoms with van der Waals surface area (Å²) < 4.78 is 55.1. The average molecular weight is 309 g/mol. The van der Waals surface area contributed by atoms with E-state index in [1.807, 2.05) is 0 Å². The highest BCUT2D eigenvalue weighted by molar-refractivity contribution is 5.94. The Morgan fingerprint density at radius 1 is 1.29 bits per heavy atom. The number of rotatable bonds is 6. The van der Waals surface area contributed by atoms with Gasteiger partial charge in [0.2, 0.25) is 0 Å². The highest BCUT2D eigenvalue weighted by atomic mass is 19.4. The lowest BCUT2D eigenvalue weighted by atomic mass is 10.1. The lowest BCUT2D eigenvalue weighted by Crippen LogP contribution is -2.28. The van der Waals surface area contributed by atoms with Crippen molar-refractivity contribution in [1.82, 2.24) is 5.32 Å². The molecule has 1 aromatic carbocycles. The van der Waals surface area contributed by atoms with Gasteiger partial charge in [0.25, 0.3) is 5.91 Å². The van der Waals surface area contributed by atoms with Gasteiger partial charge in [0, 0.05) is 12.1 Å². The van der Waals surface area contributed by atoms with Crippen LogP contribution in [0.15, 0.2) is 18.2 Å². The molecular weight excluding hydrogens is 298 g/mol. The first-order valence-electron chi connectivity index (χ1n) is 5.66. The van der Waals surface area contributed by atoms with Gasteiger partial charge in [-0.15, -0.1) is 0 Å². The second-order valence-corrected chi connectivity index (χ2v) is 3.89. The van der Waals surface area contributed by atoms with Crippen LogP contribution in [0, 0.1) is 5.82 Å². The van der Waals surface area contributed by atoms with Crippen LogP contribution in [0.1, 0.15) is 15.9 Å². The van der Waals surface area contributed by atoms with Crippen LogP contribution < -0.4 is 5.32 Å². The van der Waals surface area contributed by atoms with Gasteiger partial charge >= 0.3 is 12.1 Å². The highest BCUT2D eigenvalue weighted by Gasteiger charge is 2.34. The third-order valence-electron chi connectivity index (χ3n) is 2.29. The van der Waals surface area contributed by atoms with Crippen molar-refractivity contribution in [3.63, 3.8) is 0 Å². The third kappa shape index (κ3) is 5.38. The van der Waals surface area contributed by atoms with E-state index in [1.165, 1.54) is 0 Å². The second-order valence-electron chi connectivity index (χ2n) is 3.89. The zero-order valence-electron chi connectivity index (χ0n) is 10.5. The molecule has 0 aliphatic carbocycles. The van der Waals surface area contributed by atoms with E-state index < -0.39 is 36.0 Å². The summed E-state index contributed by atoms with van der Waals surface area (Å²) in [6.45, 7) is -0.763. The van der Waals surface area contributed by atoms with Crippen LogP contribution in [0.3, 0.4) is 0 Å². The summed E-state index contributed by atoms with van der Waals surface area (Å²) in [4.78, 5) is 21.7. The molecule has 0 atom stereocenters. The molecule has 0 spiro atoms. The molecule has 5 nitrogen and oxygen atoms in total. The van der Waals surface area contributed by atoms with E-state index in [0.29, 0.717) is 12.1 Å². The van der Waals surface area contributed by atoms with Gasteiger partial charge in [-0.3, -0.25) is 4.79 Å². The predicted molar refractivity (Wildman–Crippen MR) is 62.2 cm³/mol. The van der Waals surface area contributed by atoms with Crippen LogP contribution in [0.25, 0.3) is 0 Å². The molecule has 0 saturated carbocycles. The maximum absolute atomic E-state index is 13.0. The molecule has 116 valence electrons. The maximum atomic E-state index is 13.0. The van der Waals surface area contributed by atoms with E-state index in [4.69, 9.17) is 5.11 Å². The molecule has 0 bridgehead atoms. The molecule has 0 unspecified atom stereocenters. The largest absolute Gasteiger partial charge is 0.480 e. The van der Waals surface area contributed by atoms with Crippen LogP contribution in [-0.4, -0.2) is 36.7 Å². The SMILES string of the molecule is O=C(O)COCCNC(=O)c1ccc(F)c(C(F)(F)F)c1. The molecule has 1 aromatic rings. The summed E-state index contributed by atoms with van der Waals surface area (Å²) in [6.07, 6.45) is -4.90. The quantitative estimate of drug-likeness (QED) is 0.619. The zero-order valence-corrected chi connectivity index (χ0v) is 10.5. The predicted octanol–water partition coefficient (Wildman–Crippen LogP) is 1.68. The number of carbonyl (C=O) groups is 2. The number of hydrogen-bond acceptors (Lipinski definition) is 3. The van der Waals surface area contributed by atoms with Gasteiger partial charge in [0.05, 0.1) is 12.2 Å². The summed E-state index contributed by atoms with van der Waals surface area (Å²) in [7, 11) is 0. The van der Waals surface area contributed by atoms with Crippen molar-refractivity contribution in [1.29, 1.82) is 0 Å². The van der Waals surface area contributed by atoms with Crippen molar-refractivity contribution in [2.45, 2.75) is 6.18 Å². The first-order chi connectivity index (χ1) is 9.71. The van der Waals surface area contributed by atoms with Gasteiger partial charge in [-0.25, -0.2) is 9.18 Å². The number of carbonyl (C=O) groups excluding carboxylic acids is 1. The number of halogens is 4. The second kappa shape index (κ2) is 7.02. The normalized spacial score (nSPS) is 11.2. The number of amides is 1. The summed E-state index contributed by atoms with van der Waals surface area (Å²) in [5, 5.41) is 10.5. The highest BCUT2D eigenvalue weighted by Crippen LogP contribution is 2.31. The summed E-state index contributed by atoms with van der Waals surface area (Å²) >= 11 is 0. The van der Waals surface area contributed by atoms with Crippen LogP contribution >= 0.6 is 0 Å². The molecule has 0 aliphatic rings. The topological polar surface area (TPSA) is 75.6 Å². The minimum Gasteiger partial charge on any atom is -0.480 e. The molecule has 1 rings (SSSR count). The van der Waals surface area contributed by atoms with E-state index in [-0.39, 0.29) is 18.7 Å². The Bertz CT molecular complexity index is 530. The number of benzene rings is 1. The lowest BCUT2D eigenvalue weighted by molar-refractivity contribution is -0.142. The van der Waals surface area contributed by atoms with Gasteiger partial charge in [-0.2, -0.15) is 13.2 Å². The molecule has 0 aromatic heterocycles. The Balaban J connectivity index is 2.61. The summed E-state index contributed by atoms with van der Waals surface area (Å²) in [5.41, 5.74) is -1.89. The number of carboxylic acids is 1. The molecule has 0 radical (unpaired) electrons. The van der Waals surface area contributed by atoms with Crippen LogP contribution in [-0.2, 0) is 15.7 Å².